The Labute approximate surface area is 111 Å². The summed E-state index contributed by atoms with van der Waals surface area (Å²) in [4.78, 5) is 20.5. The van der Waals surface area contributed by atoms with E-state index in [9.17, 15) is 4.79 Å². The Morgan fingerprint density at radius 3 is 2.50 bits per heavy atom. The molecule has 0 spiro atoms. The molecule has 0 bridgehead atoms. The Balaban J connectivity index is 2.11. The number of aryl methyl sites for hydroxylation is 1. The highest BCUT2D eigenvalue weighted by Crippen LogP contribution is 2.28. The monoisotopic (exact) mass is 269 g/mol. The molecule has 1 aliphatic rings. The van der Waals surface area contributed by atoms with Crippen molar-refractivity contribution in [2.24, 2.45) is 0 Å². The fourth-order valence-corrected chi connectivity index (χ4v) is 3.15. The highest BCUT2D eigenvalue weighted by Gasteiger charge is 2.24. The van der Waals surface area contributed by atoms with E-state index in [4.69, 9.17) is 5.11 Å². The van der Waals surface area contributed by atoms with E-state index < -0.39 is 5.97 Å². The molecule has 18 heavy (non-hydrogen) atoms. The quantitative estimate of drug-likeness (QED) is 0.900. The molecule has 1 fully saturated rings. The molecule has 0 aromatic carbocycles. The molecule has 0 aliphatic carbocycles. The number of carbonyl (C=O) groups is 1. The van der Waals surface area contributed by atoms with Gasteiger partial charge < -0.3 is 10.0 Å². The average molecular weight is 269 g/mol. The molecule has 1 aromatic heterocycles. The normalized spacial score (nSPS) is 19.9. The third-order valence-corrected chi connectivity index (χ3v) is 4.77. The van der Waals surface area contributed by atoms with E-state index in [2.05, 4.69) is 28.8 Å². The summed E-state index contributed by atoms with van der Waals surface area (Å²) in [6, 6.07) is 0.204. The van der Waals surface area contributed by atoms with Crippen molar-refractivity contribution in [2.75, 3.05) is 33.2 Å². The van der Waals surface area contributed by atoms with Gasteiger partial charge in [0.25, 0.3) is 0 Å². The number of hydrogen-bond acceptors (Lipinski definition) is 5. The molecule has 2 rings (SSSR count). The molecule has 1 unspecified atom stereocenters. The lowest BCUT2D eigenvalue weighted by atomic mass is 10.2. The van der Waals surface area contributed by atoms with E-state index in [0.29, 0.717) is 10.6 Å². The summed E-state index contributed by atoms with van der Waals surface area (Å²) in [5.74, 6) is -0.873. The van der Waals surface area contributed by atoms with Crippen LogP contribution in [-0.4, -0.2) is 59.1 Å². The second kappa shape index (κ2) is 5.34. The van der Waals surface area contributed by atoms with E-state index in [0.717, 1.165) is 31.2 Å². The van der Waals surface area contributed by atoms with Crippen molar-refractivity contribution >= 4 is 17.3 Å². The van der Waals surface area contributed by atoms with Gasteiger partial charge in [0.05, 0.1) is 11.7 Å². The lowest BCUT2D eigenvalue weighted by molar-refractivity contribution is 0.0701. The van der Waals surface area contributed by atoms with Crippen molar-refractivity contribution in [2.45, 2.75) is 19.9 Å². The molecule has 5 nitrogen and oxygen atoms in total. The standard InChI is InChI=1S/C12H19N3O2S/c1-8-10(12(16)17)18-11(13-8)9(2)15-6-4-14(3)5-7-15/h9H,4-7H2,1-3H3,(H,16,17). The number of carboxylic acids is 1. The first-order valence-electron chi connectivity index (χ1n) is 6.12. The van der Waals surface area contributed by atoms with Gasteiger partial charge in [-0.2, -0.15) is 0 Å². The van der Waals surface area contributed by atoms with Gasteiger partial charge in [-0.3, -0.25) is 4.90 Å². The van der Waals surface area contributed by atoms with Gasteiger partial charge in [0, 0.05) is 26.2 Å². The molecule has 100 valence electrons. The first-order valence-corrected chi connectivity index (χ1v) is 6.94. The SMILES string of the molecule is Cc1nc(C(C)N2CCN(C)CC2)sc1C(=O)O. The summed E-state index contributed by atoms with van der Waals surface area (Å²) in [7, 11) is 2.12. The maximum atomic E-state index is 11.0. The molecule has 0 amide bonds. The van der Waals surface area contributed by atoms with Gasteiger partial charge in [-0.25, -0.2) is 9.78 Å². The molecule has 0 radical (unpaired) electrons. The van der Waals surface area contributed by atoms with Gasteiger partial charge in [-0.05, 0) is 20.9 Å². The minimum Gasteiger partial charge on any atom is -0.477 e. The van der Waals surface area contributed by atoms with Crippen LogP contribution in [0.5, 0.6) is 0 Å². The minimum absolute atomic E-state index is 0.204. The van der Waals surface area contributed by atoms with Gasteiger partial charge in [0.2, 0.25) is 0 Å². The highest BCUT2D eigenvalue weighted by molar-refractivity contribution is 7.13. The largest absolute Gasteiger partial charge is 0.477 e. The first-order chi connectivity index (χ1) is 8.49. The molecule has 1 N–H and O–H groups in total. The van der Waals surface area contributed by atoms with Crippen LogP contribution in [0.25, 0.3) is 0 Å². The molecule has 2 heterocycles. The average Bonchev–Trinajstić information content (AvgIpc) is 2.71. The molecular weight excluding hydrogens is 250 g/mol. The van der Waals surface area contributed by atoms with Crippen molar-refractivity contribution in [1.29, 1.82) is 0 Å². The number of nitrogens with zero attached hydrogens (tertiary/aromatic N) is 3. The van der Waals surface area contributed by atoms with Crippen LogP contribution in [0.15, 0.2) is 0 Å². The maximum absolute atomic E-state index is 11.0. The van der Waals surface area contributed by atoms with Gasteiger partial charge in [-0.1, -0.05) is 0 Å². The summed E-state index contributed by atoms with van der Waals surface area (Å²) in [6.45, 7) is 8.01. The molecule has 1 atom stereocenters. The zero-order chi connectivity index (χ0) is 13.3. The maximum Gasteiger partial charge on any atom is 0.347 e. The number of carboxylic acid groups (broad SMARTS) is 1. The molecule has 6 heteroatoms. The van der Waals surface area contributed by atoms with Crippen molar-refractivity contribution in [3.05, 3.63) is 15.6 Å². The van der Waals surface area contributed by atoms with Crippen LogP contribution >= 0.6 is 11.3 Å². The van der Waals surface area contributed by atoms with Crippen LogP contribution < -0.4 is 0 Å². The summed E-state index contributed by atoms with van der Waals surface area (Å²) < 4.78 is 0. The van der Waals surface area contributed by atoms with Crippen LogP contribution in [-0.2, 0) is 0 Å². The predicted octanol–water partition coefficient (Wildman–Crippen LogP) is 1.46. The summed E-state index contributed by atoms with van der Waals surface area (Å²) >= 11 is 1.30. The van der Waals surface area contributed by atoms with Crippen molar-refractivity contribution in [3.8, 4) is 0 Å². The number of thiazole rings is 1. The van der Waals surface area contributed by atoms with E-state index in [1.165, 1.54) is 11.3 Å². The molecule has 1 aromatic rings. The summed E-state index contributed by atoms with van der Waals surface area (Å²) in [6.07, 6.45) is 0. The van der Waals surface area contributed by atoms with Crippen LogP contribution in [0.3, 0.4) is 0 Å². The smallest absolute Gasteiger partial charge is 0.347 e. The topological polar surface area (TPSA) is 56.7 Å². The number of aromatic carboxylic acids is 1. The Bertz CT molecular complexity index is 439. The summed E-state index contributed by atoms with van der Waals surface area (Å²) in [5.41, 5.74) is 0.628. The molecule has 1 aliphatic heterocycles. The Morgan fingerprint density at radius 1 is 1.39 bits per heavy atom. The first kappa shape index (κ1) is 13.5. The Hall–Kier alpha value is -0.980. The number of aromatic nitrogens is 1. The van der Waals surface area contributed by atoms with Crippen molar-refractivity contribution in [1.82, 2.24) is 14.8 Å². The molecule has 1 saturated heterocycles. The predicted molar refractivity (Wildman–Crippen MR) is 71.3 cm³/mol. The molecule has 0 saturated carbocycles. The number of piperazine rings is 1. The van der Waals surface area contributed by atoms with E-state index in [-0.39, 0.29) is 6.04 Å². The fraction of sp³-hybridized carbons (Fsp3) is 0.667. The van der Waals surface area contributed by atoms with Gasteiger partial charge in [0.1, 0.15) is 9.88 Å². The van der Waals surface area contributed by atoms with Crippen LogP contribution in [0.4, 0.5) is 0 Å². The number of rotatable bonds is 3. The second-order valence-corrected chi connectivity index (χ2v) is 5.82. The third-order valence-electron chi connectivity index (χ3n) is 3.45. The number of likely N-dealkylation sites (N-methyl/N-ethyl adjacent to an activating group) is 1. The minimum atomic E-state index is -0.873. The number of hydrogen-bond donors (Lipinski definition) is 1. The van der Waals surface area contributed by atoms with Gasteiger partial charge in [-0.15, -0.1) is 11.3 Å². The Morgan fingerprint density at radius 2 is 2.00 bits per heavy atom. The highest BCUT2D eigenvalue weighted by atomic mass is 32.1. The Kier molecular flexibility index (Phi) is 3.99. The van der Waals surface area contributed by atoms with Crippen molar-refractivity contribution < 1.29 is 9.90 Å². The zero-order valence-corrected chi connectivity index (χ0v) is 11.8. The second-order valence-electron chi connectivity index (χ2n) is 4.79. The van der Waals surface area contributed by atoms with Crippen LogP contribution in [0.1, 0.15) is 33.3 Å². The molecular formula is C12H19N3O2S. The van der Waals surface area contributed by atoms with Crippen molar-refractivity contribution in [3.63, 3.8) is 0 Å². The van der Waals surface area contributed by atoms with E-state index in [1.807, 2.05) is 0 Å². The van der Waals surface area contributed by atoms with Crippen LogP contribution in [0, 0.1) is 6.92 Å². The van der Waals surface area contributed by atoms with Gasteiger partial charge >= 0.3 is 5.97 Å². The third kappa shape index (κ3) is 2.71. The zero-order valence-electron chi connectivity index (χ0n) is 11.0. The lowest BCUT2D eigenvalue weighted by Gasteiger charge is -2.35. The lowest BCUT2D eigenvalue weighted by Crippen LogP contribution is -2.45. The summed E-state index contributed by atoms with van der Waals surface area (Å²) in [5, 5.41) is 9.97. The van der Waals surface area contributed by atoms with E-state index in [1.54, 1.807) is 6.92 Å². The fourth-order valence-electron chi connectivity index (χ4n) is 2.16. The van der Waals surface area contributed by atoms with Gasteiger partial charge in [0.15, 0.2) is 0 Å². The van der Waals surface area contributed by atoms with E-state index >= 15 is 0 Å². The van der Waals surface area contributed by atoms with Crippen LogP contribution in [0.2, 0.25) is 0 Å².